The van der Waals surface area contributed by atoms with Crippen molar-refractivity contribution in [2.24, 2.45) is 5.92 Å². The lowest BCUT2D eigenvalue weighted by molar-refractivity contribution is 0.506. The van der Waals surface area contributed by atoms with E-state index in [0.29, 0.717) is 5.92 Å². The molecule has 3 aromatic rings. The van der Waals surface area contributed by atoms with Crippen LogP contribution >= 0.6 is 11.3 Å². The van der Waals surface area contributed by atoms with Gasteiger partial charge in [0.2, 0.25) is 0 Å². The number of rotatable bonds is 5. The second kappa shape index (κ2) is 6.67. The third kappa shape index (κ3) is 3.22. The Labute approximate surface area is 140 Å². The number of aromatic nitrogens is 2. The molecule has 0 bridgehead atoms. The standard InChI is InChI=1S/C19H22N2OS/c1-4-14-5-7-15(8-6-14)16-11-23-18-17(16)19(22)21(12-20-18)10-9-13(2)3/h5-8,11-13H,4,9-10H2,1-3H3. The summed E-state index contributed by atoms with van der Waals surface area (Å²) < 4.78 is 1.75. The van der Waals surface area contributed by atoms with Crippen LogP contribution in [0.3, 0.4) is 0 Å². The second-order valence-corrected chi connectivity index (χ2v) is 7.16. The zero-order chi connectivity index (χ0) is 16.4. The summed E-state index contributed by atoms with van der Waals surface area (Å²) in [5.74, 6) is 0.570. The maximum Gasteiger partial charge on any atom is 0.262 e. The fourth-order valence-corrected chi connectivity index (χ4v) is 3.56. The predicted octanol–water partition coefficient (Wildman–Crippen LogP) is 4.73. The fourth-order valence-electron chi connectivity index (χ4n) is 2.66. The fraction of sp³-hybridized carbons (Fsp3) is 0.368. The Morgan fingerprint density at radius 3 is 2.61 bits per heavy atom. The lowest BCUT2D eigenvalue weighted by atomic mass is 10.0. The van der Waals surface area contributed by atoms with E-state index in [4.69, 9.17) is 0 Å². The van der Waals surface area contributed by atoms with Crippen LogP contribution in [0.1, 0.15) is 32.8 Å². The average Bonchev–Trinajstić information content (AvgIpc) is 2.99. The molecule has 0 aliphatic carbocycles. The van der Waals surface area contributed by atoms with Gasteiger partial charge in [-0.2, -0.15) is 0 Å². The van der Waals surface area contributed by atoms with Crippen LogP contribution in [-0.2, 0) is 13.0 Å². The van der Waals surface area contributed by atoms with Crippen molar-refractivity contribution in [1.29, 1.82) is 0 Å². The van der Waals surface area contributed by atoms with E-state index >= 15 is 0 Å². The number of nitrogens with zero attached hydrogens (tertiary/aromatic N) is 2. The number of hydrogen-bond acceptors (Lipinski definition) is 3. The van der Waals surface area contributed by atoms with Gasteiger partial charge in [-0.15, -0.1) is 11.3 Å². The summed E-state index contributed by atoms with van der Waals surface area (Å²) in [4.78, 5) is 18.2. The van der Waals surface area contributed by atoms with Crippen LogP contribution in [0.5, 0.6) is 0 Å². The van der Waals surface area contributed by atoms with Gasteiger partial charge in [-0.3, -0.25) is 9.36 Å². The number of fused-ring (bicyclic) bond motifs is 1. The summed E-state index contributed by atoms with van der Waals surface area (Å²) in [6.45, 7) is 7.21. The first-order valence-corrected chi connectivity index (χ1v) is 9.04. The third-order valence-corrected chi connectivity index (χ3v) is 5.07. The number of hydrogen-bond donors (Lipinski definition) is 0. The maximum atomic E-state index is 12.8. The molecule has 120 valence electrons. The average molecular weight is 326 g/mol. The highest BCUT2D eigenvalue weighted by Crippen LogP contribution is 2.30. The number of aryl methyl sites for hydroxylation is 2. The molecule has 0 radical (unpaired) electrons. The van der Waals surface area contributed by atoms with Crippen molar-refractivity contribution in [3.05, 3.63) is 51.9 Å². The van der Waals surface area contributed by atoms with Crippen LogP contribution in [0.2, 0.25) is 0 Å². The highest BCUT2D eigenvalue weighted by molar-refractivity contribution is 7.17. The lowest BCUT2D eigenvalue weighted by Gasteiger charge is -2.08. The van der Waals surface area contributed by atoms with Gasteiger partial charge >= 0.3 is 0 Å². The van der Waals surface area contributed by atoms with E-state index in [0.717, 1.165) is 40.7 Å². The van der Waals surface area contributed by atoms with Gasteiger partial charge in [0.05, 0.1) is 11.7 Å². The first-order valence-electron chi connectivity index (χ1n) is 8.16. The first-order chi connectivity index (χ1) is 11.1. The van der Waals surface area contributed by atoms with E-state index in [1.807, 2.05) is 5.38 Å². The van der Waals surface area contributed by atoms with E-state index in [-0.39, 0.29) is 5.56 Å². The first kappa shape index (κ1) is 15.9. The van der Waals surface area contributed by atoms with E-state index in [9.17, 15) is 4.79 Å². The lowest BCUT2D eigenvalue weighted by Crippen LogP contribution is -2.21. The Morgan fingerprint density at radius 2 is 1.96 bits per heavy atom. The molecule has 0 fully saturated rings. The zero-order valence-electron chi connectivity index (χ0n) is 13.9. The highest BCUT2D eigenvalue weighted by Gasteiger charge is 2.13. The van der Waals surface area contributed by atoms with Crippen LogP contribution in [0.15, 0.2) is 40.8 Å². The van der Waals surface area contributed by atoms with Crippen LogP contribution in [0, 0.1) is 5.92 Å². The molecule has 0 unspecified atom stereocenters. The van der Waals surface area contributed by atoms with Gasteiger partial charge in [0.15, 0.2) is 0 Å². The van der Waals surface area contributed by atoms with E-state index in [2.05, 4.69) is 50.0 Å². The van der Waals surface area contributed by atoms with Crippen LogP contribution in [-0.4, -0.2) is 9.55 Å². The molecule has 3 rings (SSSR count). The summed E-state index contributed by atoms with van der Waals surface area (Å²) in [6, 6.07) is 8.47. The summed E-state index contributed by atoms with van der Waals surface area (Å²) in [6.07, 6.45) is 3.69. The van der Waals surface area contributed by atoms with Crippen LogP contribution < -0.4 is 5.56 Å². The van der Waals surface area contributed by atoms with E-state index < -0.39 is 0 Å². The van der Waals surface area contributed by atoms with Gasteiger partial charge < -0.3 is 0 Å². The summed E-state index contributed by atoms with van der Waals surface area (Å²) in [5.41, 5.74) is 3.48. The number of benzene rings is 1. The Balaban J connectivity index is 2.07. The monoisotopic (exact) mass is 326 g/mol. The van der Waals surface area contributed by atoms with Crippen LogP contribution in [0.25, 0.3) is 21.3 Å². The molecule has 1 aromatic carbocycles. The number of thiophene rings is 1. The molecular formula is C19H22N2OS. The molecule has 0 aliphatic rings. The van der Waals surface area contributed by atoms with Crippen molar-refractivity contribution in [2.45, 2.75) is 40.2 Å². The van der Waals surface area contributed by atoms with E-state index in [1.54, 1.807) is 22.2 Å². The minimum Gasteiger partial charge on any atom is -0.299 e. The molecule has 0 spiro atoms. The molecule has 4 heteroatoms. The SMILES string of the molecule is CCc1ccc(-c2csc3ncn(CCC(C)C)c(=O)c23)cc1. The van der Waals surface area contributed by atoms with Gasteiger partial charge in [-0.1, -0.05) is 45.0 Å². The smallest absolute Gasteiger partial charge is 0.262 e. The van der Waals surface area contributed by atoms with Gasteiger partial charge in [0, 0.05) is 17.5 Å². The Bertz CT molecular complexity index is 859. The topological polar surface area (TPSA) is 34.9 Å². The zero-order valence-corrected chi connectivity index (χ0v) is 14.7. The van der Waals surface area contributed by atoms with Crippen molar-refractivity contribution in [3.63, 3.8) is 0 Å². The third-order valence-electron chi connectivity index (χ3n) is 4.18. The normalized spacial score (nSPS) is 11.5. The van der Waals surface area contributed by atoms with E-state index in [1.165, 1.54) is 5.56 Å². The molecule has 0 atom stereocenters. The molecule has 2 heterocycles. The molecule has 3 nitrogen and oxygen atoms in total. The van der Waals surface area contributed by atoms with Gasteiger partial charge in [0.25, 0.3) is 5.56 Å². The van der Waals surface area contributed by atoms with Crippen molar-refractivity contribution in [2.75, 3.05) is 0 Å². The second-order valence-electron chi connectivity index (χ2n) is 6.31. The summed E-state index contributed by atoms with van der Waals surface area (Å²) >= 11 is 1.54. The molecular weight excluding hydrogens is 304 g/mol. The van der Waals surface area contributed by atoms with Crippen molar-refractivity contribution in [3.8, 4) is 11.1 Å². The Kier molecular flexibility index (Phi) is 4.62. The molecule has 0 saturated heterocycles. The Morgan fingerprint density at radius 1 is 1.22 bits per heavy atom. The largest absolute Gasteiger partial charge is 0.299 e. The molecule has 2 aromatic heterocycles. The minimum absolute atomic E-state index is 0.0754. The molecule has 0 aliphatic heterocycles. The molecule has 0 saturated carbocycles. The van der Waals surface area contributed by atoms with Crippen LogP contribution in [0.4, 0.5) is 0 Å². The van der Waals surface area contributed by atoms with Gasteiger partial charge in [-0.05, 0) is 29.9 Å². The molecule has 23 heavy (non-hydrogen) atoms. The molecule has 0 amide bonds. The minimum atomic E-state index is 0.0754. The maximum absolute atomic E-state index is 12.8. The van der Waals surface area contributed by atoms with Crippen molar-refractivity contribution >= 4 is 21.6 Å². The summed E-state index contributed by atoms with van der Waals surface area (Å²) in [5, 5.41) is 2.80. The van der Waals surface area contributed by atoms with Crippen molar-refractivity contribution < 1.29 is 0 Å². The van der Waals surface area contributed by atoms with Crippen molar-refractivity contribution in [1.82, 2.24) is 9.55 Å². The summed E-state index contributed by atoms with van der Waals surface area (Å²) in [7, 11) is 0. The Hall–Kier alpha value is -1.94. The highest BCUT2D eigenvalue weighted by atomic mass is 32.1. The predicted molar refractivity (Wildman–Crippen MR) is 98.1 cm³/mol. The molecule has 0 N–H and O–H groups in total. The quantitative estimate of drug-likeness (QED) is 0.679. The van der Waals surface area contributed by atoms with Gasteiger partial charge in [-0.25, -0.2) is 4.98 Å². The van der Waals surface area contributed by atoms with Gasteiger partial charge in [0.1, 0.15) is 4.83 Å².